The van der Waals surface area contributed by atoms with Crippen molar-refractivity contribution in [2.75, 3.05) is 19.6 Å². The Morgan fingerprint density at radius 1 is 1.21 bits per heavy atom. The fraction of sp³-hybridized carbons (Fsp3) is 0.696. The minimum absolute atomic E-state index is 0. The first-order chi connectivity index (χ1) is 13.6. The molecule has 1 heterocycles. The molecule has 1 aromatic carbocycles. The summed E-state index contributed by atoms with van der Waals surface area (Å²) in [6.45, 7) is 10.9. The van der Waals surface area contributed by atoms with Crippen molar-refractivity contribution in [3.63, 3.8) is 0 Å². The van der Waals surface area contributed by atoms with Crippen LogP contribution in [0.5, 0.6) is 0 Å². The van der Waals surface area contributed by atoms with Gasteiger partial charge in [0.25, 0.3) is 0 Å². The number of hydrogen-bond acceptors (Lipinski definition) is 3. The highest BCUT2D eigenvalue weighted by atomic mass is 127. The van der Waals surface area contributed by atoms with Gasteiger partial charge in [-0.25, -0.2) is 4.99 Å². The van der Waals surface area contributed by atoms with Crippen molar-refractivity contribution in [1.82, 2.24) is 15.5 Å². The summed E-state index contributed by atoms with van der Waals surface area (Å²) in [5.74, 6) is 0.935. The molecule has 1 unspecified atom stereocenters. The van der Waals surface area contributed by atoms with Crippen molar-refractivity contribution in [3.8, 4) is 0 Å². The van der Waals surface area contributed by atoms with E-state index in [-0.39, 0.29) is 30.1 Å². The summed E-state index contributed by atoms with van der Waals surface area (Å²) >= 11 is 0. The number of aliphatic imine (C=N–C) groups is 1. The molecule has 29 heavy (non-hydrogen) atoms. The number of nitrogens with one attached hydrogen (secondary N) is 2. The zero-order valence-corrected chi connectivity index (χ0v) is 20.7. The van der Waals surface area contributed by atoms with Gasteiger partial charge in [0, 0.05) is 31.7 Å². The van der Waals surface area contributed by atoms with Gasteiger partial charge in [0.1, 0.15) is 0 Å². The average Bonchev–Trinajstić information content (AvgIpc) is 3.37. The molecule has 1 saturated heterocycles. The maximum Gasteiger partial charge on any atom is 0.191 e. The van der Waals surface area contributed by atoms with E-state index in [9.17, 15) is 0 Å². The molecule has 2 N–H and O–H groups in total. The van der Waals surface area contributed by atoms with E-state index in [1.54, 1.807) is 0 Å². The Kier molecular flexibility index (Phi) is 10.7. The fourth-order valence-electron chi connectivity index (χ4n) is 4.27. The van der Waals surface area contributed by atoms with Gasteiger partial charge in [0.15, 0.2) is 5.96 Å². The molecule has 164 valence electrons. The zero-order chi connectivity index (χ0) is 19.8. The van der Waals surface area contributed by atoms with Gasteiger partial charge < -0.3 is 15.4 Å². The highest BCUT2D eigenvalue weighted by Crippen LogP contribution is 2.26. The van der Waals surface area contributed by atoms with E-state index in [0.29, 0.717) is 19.2 Å². The fourth-order valence-corrected chi connectivity index (χ4v) is 4.27. The first kappa shape index (κ1) is 24.4. The lowest BCUT2D eigenvalue weighted by atomic mass is 10.1. The summed E-state index contributed by atoms with van der Waals surface area (Å²) in [6, 6.07) is 9.89. The molecule has 0 bridgehead atoms. The lowest BCUT2D eigenvalue weighted by Gasteiger charge is -2.24. The molecule has 6 heteroatoms. The maximum atomic E-state index is 5.72. The van der Waals surface area contributed by atoms with E-state index in [0.717, 1.165) is 25.1 Å². The number of guanidine groups is 1. The Bertz CT molecular complexity index is 631. The lowest BCUT2D eigenvalue weighted by molar-refractivity contribution is 0.0657. The van der Waals surface area contributed by atoms with E-state index in [1.165, 1.54) is 49.8 Å². The van der Waals surface area contributed by atoms with E-state index in [4.69, 9.17) is 9.73 Å². The minimum Gasteiger partial charge on any atom is -0.374 e. The minimum atomic E-state index is 0. The number of halogens is 1. The molecule has 2 fully saturated rings. The Morgan fingerprint density at radius 3 is 2.69 bits per heavy atom. The van der Waals surface area contributed by atoms with Crippen LogP contribution in [0.1, 0.15) is 64.0 Å². The van der Waals surface area contributed by atoms with E-state index < -0.39 is 0 Å². The van der Waals surface area contributed by atoms with Gasteiger partial charge in [-0.3, -0.25) is 4.90 Å². The summed E-state index contributed by atoms with van der Waals surface area (Å²) in [6.07, 6.45) is 7.05. The van der Waals surface area contributed by atoms with Crippen LogP contribution < -0.4 is 10.6 Å². The third-order valence-electron chi connectivity index (χ3n) is 5.74. The van der Waals surface area contributed by atoms with Gasteiger partial charge in [-0.15, -0.1) is 24.0 Å². The quantitative estimate of drug-likeness (QED) is 0.309. The van der Waals surface area contributed by atoms with Crippen LogP contribution >= 0.6 is 24.0 Å². The second-order valence-corrected chi connectivity index (χ2v) is 8.44. The third kappa shape index (κ3) is 8.06. The highest BCUT2D eigenvalue weighted by molar-refractivity contribution is 14.0. The standard InChI is InChI=1S/C23H38N4O.HI/c1-4-24-23(26-21-12-13-27(16-21)22-10-5-6-11-22)25-15-19-8-7-9-20(14-19)17-28-18(2)3;/h7-9,14,18,21-22H,4-6,10-13,15-17H2,1-3H3,(H2,24,25,26);1H. The van der Waals surface area contributed by atoms with Gasteiger partial charge in [-0.1, -0.05) is 37.1 Å². The normalized spacial score (nSPS) is 20.8. The van der Waals surface area contributed by atoms with Crippen molar-refractivity contribution < 1.29 is 4.74 Å². The van der Waals surface area contributed by atoms with Gasteiger partial charge in [0.05, 0.1) is 19.3 Å². The largest absolute Gasteiger partial charge is 0.374 e. The van der Waals surface area contributed by atoms with Crippen molar-refractivity contribution in [1.29, 1.82) is 0 Å². The molecule has 1 aromatic rings. The van der Waals surface area contributed by atoms with Gasteiger partial charge in [0.2, 0.25) is 0 Å². The van der Waals surface area contributed by atoms with Gasteiger partial charge >= 0.3 is 0 Å². The summed E-state index contributed by atoms with van der Waals surface area (Å²) in [5, 5.41) is 7.08. The van der Waals surface area contributed by atoms with Crippen molar-refractivity contribution in [3.05, 3.63) is 35.4 Å². The number of nitrogens with zero attached hydrogens (tertiary/aromatic N) is 2. The number of ether oxygens (including phenoxy) is 1. The molecule has 0 radical (unpaired) electrons. The maximum absolute atomic E-state index is 5.72. The van der Waals surface area contributed by atoms with Crippen LogP contribution in [0.2, 0.25) is 0 Å². The van der Waals surface area contributed by atoms with Crippen LogP contribution in [0.15, 0.2) is 29.3 Å². The van der Waals surface area contributed by atoms with E-state index in [1.807, 2.05) is 0 Å². The molecular weight excluding hydrogens is 475 g/mol. The van der Waals surface area contributed by atoms with Gasteiger partial charge in [-0.2, -0.15) is 0 Å². The predicted molar refractivity (Wildman–Crippen MR) is 132 cm³/mol. The molecular formula is C23H39IN4O. The average molecular weight is 514 g/mol. The molecule has 0 spiro atoms. The molecule has 1 aliphatic heterocycles. The van der Waals surface area contributed by atoms with Crippen LogP contribution in [0.3, 0.4) is 0 Å². The predicted octanol–water partition coefficient (Wildman–Crippen LogP) is 4.30. The zero-order valence-electron chi connectivity index (χ0n) is 18.3. The summed E-state index contributed by atoms with van der Waals surface area (Å²) < 4.78 is 5.72. The second kappa shape index (κ2) is 12.7. The second-order valence-electron chi connectivity index (χ2n) is 8.44. The van der Waals surface area contributed by atoms with Crippen LogP contribution in [0, 0.1) is 0 Å². The van der Waals surface area contributed by atoms with Gasteiger partial charge in [-0.05, 0) is 51.2 Å². The molecule has 1 atom stereocenters. The number of rotatable bonds is 8. The first-order valence-corrected chi connectivity index (χ1v) is 11.1. The highest BCUT2D eigenvalue weighted by Gasteiger charge is 2.30. The Balaban J connectivity index is 0.00000300. The Hall–Kier alpha value is -0.860. The lowest BCUT2D eigenvalue weighted by Crippen LogP contribution is -2.45. The van der Waals surface area contributed by atoms with Crippen LogP contribution in [-0.2, 0) is 17.9 Å². The van der Waals surface area contributed by atoms with Crippen LogP contribution in [0.25, 0.3) is 0 Å². The van der Waals surface area contributed by atoms with Crippen molar-refractivity contribution in [2.45, 2.75) is 84.2 Å². The first-order valence-electron chi connectivity index (χ1n) is 11.1. The monoisotopic (exact) mass is 514 g/mol. The molecule has 1 saturated carbocycles. The molecule has 3 rings (SSSR count). The Morgan fingerprint density at radius 2 is 1.97 bits per heavy atom. The van der Waals surface area contributed by atoms with Crippen molar-refractivity contribution in [2.24, 2.45) is 4.99 Å². The summed E-state index contributed by atoms with van der Waals surface area (Å²) in [5.41, 5.74) is 2.43. The smallest absolute Gasteiger partial charge is 0.191 e. The van der Waals surface area contributed by atoms with Crippen LogP contribution in [0.4, 0.5) is 0 Å². The van der Waals surface area contributed by atoms with E-state index >= 15 is 0 Å². The number of likely N-dealkylation sites (tertiary alicyclic amines) is 1. The molecule has 5 nitrogen and oxygen atoms in total. The number of hydrogen-bond donors (Lipinski definition) is 2. The summed E-state index contributed by atoms with van der Waals surface area (Å²) in [4.78, 5) is 7.53. The Labute approximate surface area is 194 Å². The summed E-state index contributed by atoms with van der Waals surface area (Å²) in [7, 11) is 0. The van der Waals surface area contributed by atoms with Crippen LogP contribution in [-0.4, -0.2) is 48.7 Å². The SMILES string of the molecule is CCNC(=NCc1cccc(COC(C)C)c1)NC1CCN(C2CCCC2)C1.I. The molecule has 0 aromatic heterocycles. The molecule has 1 aliphatic carbocycles. The molecule has 2 aliphatic rings. The van der Waals surface area contributed by atoms with Crippen molar-refractivity contribution >= 4 is 29.9 Å². The number of benzene rings is 1. The van der Waals surface area contributed by atoms with E-state index in [2.05, 4.69) is 60.6 Å². The topological polar surface area (TPSA) is 48.9 Å². The molecule has 0 amide bonds. The third-order valence-corrected chi connectivity index (χ3v) is 5.74.